The highest BCUT2D eigenvalue weighted by atomic mass is 16.5. The number of carbonyl (C=O) groups excluding carboxylic acids is 2. The largest absolute Gasteiger partial charge is 0.456 e. The molecule has 0 radical (unpaired) electrons. The number of tetrazole rings is 1. The minimum atomic E-state index is -0.299. The highest BCUT2D eigenvalue weighted by Crippen LogP contribution is 2.46. The molecular weight excluding hydrogens is 420 g/mol. The Kier molecular flexibility index (Phi) is 4.83. The molecule has 0 bridgehead atoms. The molecule has 1 N–H and O–H groups in total. The normalized spacial score (nSPS) is 26.7. The van der Waals surface area contributed by atoms with Crippen molar-refractivity contribution in [3.8, 4) is 5.69 Å². The van der Waals surface area contributed by atoms with Gasteiger partial charge < -0.3 is 15.0 Å². The van der Waals surface area contributed by atoms with Crippen molar-refractivity contribution in [3.05, 3.63) is 46.4 Å². The summed E-state index contributed by atoms with van der Waals surface area (Å²) in [6.07, 6.45) is 6.47. The van der Waals surface area contributed by atoms with Crippen LogP contribution < -0.4 is 5.32 Å². The number of aromatic nitrogens is 4. The first-order valence-corrected chi connectivity index (χ1v) is 11.9. The van der Waals surface area contributed by atoms with Gasteiger partial charge in [0.1, 0.15) is 6.61 Å². The summed E-state index contributed by atoms with van der Waals surface area (Å²) in [6.45, 7) is 3.50. The zero-order chi connectivity index (χ0) is 22.6. The van der Waals surface area contributed by atoms with E-state index in [0.29, 0.717) is 18.2 Å². The minimum absolute atomic E-state index is 0.185. The lowest BCUT2D eigenvalue weighted by Gasteiger charge is -2.36. The molecule has 33 heavy (non-hydrogen) atoms. The molecule has 1 aromatic carbocycles. The summed E-state index contributed by atoms with van der Waals surface area (Å²) >= 11 is 0. The number of likely N-dealkylation sites (tertiary alicyclic amines) is 1. The standard InChI is InChI=1S/C24H28N6O3/c1-15-20(14-33-22(15)31)29-11-10-24(23(29)32)8-6-18(7-9-24)25-13-16-2-4-19-17(12-16)3-5-21-26-27-28-30(19)21/h2,4,12,18,25H,3,5-11,13-14H2,1H3/t18-,24-. The smallest absolute Gasteiger partial charge is 0.336 e. The Balaban J connectivity index is 1.06. The third-order valence-electron chi connectivity index (χ3n) is 7.98. The Morgan fingerprint density at radius 3 is 2.82 bits per heavy atom. The van der Waals surface area contributed by atoms with E-state index < -0.39 is 0 Å². The van der Waals surface area contributed by atoms with E-state index in [1.165, 1.54) is 11.1 Å². The summed E-state index contributed by atoms with van der Waals surface area (Å²) in [5, 5.41) is 15.7. The van der Waals surface area contributed by atoms with Crippen LogP contribution in [0.25, 0.3) is 5.69 Å². The second-order valence-electron chi connectivity index (χ2n) is 9.76. The zero-order valence-corrected chi connectivity index (χ0v) is 18.8. The fraction of sp³-hybridized carbons (Fsp3) is 0.542. The molecule has 0 unspecified atom stereocenters. The molecule has 9 heteroatoms. The Morgan fingerprint density at radius 2 is 2.03 bits per heavy atom. The second kappa shape index (κ2) is 7.76. The number of nitrogens with zero attached hydrogens (tertiary/aromatic N) is 5. The first-order valence-electron chi connectivity index (χ1n) is 11.9. The molecule has 4 aliphatic rings. The summed E-state index contributed by atoms with van der Waals surface area (Å²) in [5.74, 6) is 0.806. The number of rotatable bonds is 4. The van der Waals surface area contributed by atoms with Crippen LogP contribution in [0.15, 0.2) is 29.5 Å². The molecule has 1 saturated carbocycles. The summed E-state index contributed by atoms with van der Waals surface area (Å²) in [5.41, 5.74) is 4.70. The third-order valence-corrected chi connectivity index (χ3v) is 7.98. The first-order chi connectivity index (χ1) is 16.0. The summed E-state index contributed by atoms with van der Waals surface area (Å²) < 4.78 is 6.96. The molecule has 4 heterocycles. The number of nitrogens with one attached hydrogen (secondary N) is 1. The quantitative estimate of drug-likeness (QED) is 0.712. The fourth-order valence-corrected chi connectivity index (χ4v) is 5.88. The van der Waals surface area contributed by atoms with E-state index in [0.717, 1.165) is 68.7 Å². The predicted octanol–water partition coefficient (Wildman–Crippen LogP) is 1.84. The Labute approximate surface area is 192 Å². The molecule has 172 valence electrons. The van der Waals surface area contributed by atoms with Gasteiger partial charge in [-0.3, -0.25) is 4.79 Å². The van der Waals surface area contributed by atoms with E-state index in [1.807, 2.05) is 9.58 Å². The second-order valence-corrected chi connectivity index (χ2v) is 9.76. The SMILES string of the molecule is CC1=C(N2CC[C@]3(CC[C@@H](NCc4ccc5c(c4)CCc4nnnn4-5)CC3)C2=O)COC1=O. The van der Waals surface area contributed by atoms with Gasteiger partial charge in [0.2, 0.25) is 5.91 Å². The van der Waals surface area contributed by atoms with Gasteiger partial charge in [0, 0.05) is 25.6 Å². The van der Waals surface area contributed by atoms with E-state index in [4.69, 9.17) is 4.74 Å². The molecular formula is C24H28N6O3. The minimum Gasteiger partial charge on any atom is -0.456 e. The van der Waals surface area contributed by atoms with Gasteiger partial charge in [-0.2, -0.15) is 4.68 Å². The van der Waals surface area contributed by atoms with E-state index in [9.17, 15) is 9.59 Å². The van der Waals surface area contributed by atoms with Crippen molar-refractivity contribution in [2.45, 2.75) is 64.5 Å². The van der Waals surface area contributed by atoms with Crippen molar-refractivity contribution in [2.75, 3.05) is 13.2 Å². The van der Waals surface area contributed by atoms with Crippen molar-refractivity contribution in [3.63, 3.8) is 0 Å². The van der Waals surface area contributed by atoms with Gasteiger partial charge in [-0.1, -0.05) is 12.1 Å². The van der Waals surface area contributed by atoms with Crippen molar-refractivity contribution in [2.24, 2.45) is 5.41 Å². The van der Waals surface area contributed by atoms with Crippen molar-refractivity contribution in [1.29, 1.82) is 0 Å². The van der Waals surface area contributed by atoms with Gasteiger partial charge in [0.15, 0.2) is 5.82 Å². The molecule has 1 aliphatic carbocycles. The van der Waals surface area contributed by atoms with Crippen LogP contribution in [0.5, 0.6) is 0 Å². The molecule has 1 saturated heterocycles. The van der Waals surface area contributed by atoms with Gasteiger partial charge in [0.25, 0.3) is 0 Å². The first kappa shape index (κ1) is 20.5. The molecule has 9 nitrogen and oxygen atoms in total. The van der Waals surface area contributed by atoms with Crippen molar-refractivity contribution >= 4 is 11.9 Å². The van der Waals surface area contributed by atoms with E-state index in [-0.39, 0.29) is 23.9 Å². The predicted molar refractivity (Wildman–Crippen MR) is 118 cm³/mol. The van der Waals surface area contributed by atoms with E-state index in [1.54, 1.807) is 6.92 Å². The molecule has 1 aromatic heterocycles. The number of aryl methyl sites for hydroxylation is 2. The van der Waals surface area contributed by atoms with Crippen LogP contribution in [0.3, 0.4) is 0 Å². The van der Waals surface area contributed by atoms with Crippen LogP contribution in [-0.2, 0) is 33.7 Å². The number of carbonyl (C=O) groups is 2. The molecule has 2 fully saturated rings. The monoisotopic (exact) mass is 448 g/mol. The lowest BCUT2D eigenvalue weighted by atomic mass is 9.71. The molecule has 6 rings (SSSR count). The maximum atomic E-state index is 13.3. The van der Waals surface area contributed by atoms with Crippen LogP contribution in [-0.4, -0.2) is 56.2 Å². The number of benzene rings is 1. The summed E-state index contributed by atoms with van der Waals surface area (Å²) in [4.78, 5) is 26.9. The number of esters is 1. The average molecular weight is 449 g/mol. The topological polar surface area (TPSA) is 102 Å². The molecule has 0 atom stereocenters. The molecule has 2 aromatic rings. The van der Waals surface area contributed by atoms with Gasteiger partial charge in [-0.15, -0.1) is 5.10 Å². The van der Waals surface area contributed by atoms with Gasteiger partial charge in [0.05, 0.1) is 22.4 Å². The molecule has 1 amide bonds. The number of fused-ring (bicyclic) bond motifs is 3. The number of amides is 1. The fourth-order valence-electron chi connectivity index (χ4n) is 5.88. The van der Waals surface area contributed by atoms with Gasteiger partial charge >= 0.3 is 5.97 Å². The number of cyclic esters (lactones) is 1. The maximum absolute atomic E-state index is 13.3. The zero-order valence-electron chi connectivity index (χ0n) is 18.8. The van der Waals surface area contributed by atoms with Crippen molar-refractivity contribution < 1.29 is 14.3 Å². The number of hydrogen-bond acceptors (Lipinski definition) is 7. The number of ether oxygens (including phenoxy) is 1. The summed E-state index contributed by atoms with van der Waals surface area (Å²) in [7, 11) is 0. The van der Waals surface area contributed by atoms with Gasteiger partial charge in [-0.05, 0) is 73.1 Å². The van der Waals surface area contributed by atoms with E-state index >= 15 is 0 Å². The Bertz CT molecular complexity index is 1160. The number of hydrogen-bond donors (Lipinski definition) is 1. The van der Waals surface area contributed by atoms with Crippen LogP contribution in [0.4, 0.5) is 0 Å². The molecule has 1 spiro atoms. The Hall–Kier alpha value is -3.07. The van der Waals surface area contributed by atoms with Crippen LogP contribution in [0.2, 0.25) is 0 Å². The highest BCUT2D eigenvalue weighted by molar-refractivity contribution is 5.94. The van der Waals surface area contributed by atoms with Crippen LogP contribution >= 0.6 is 0 Å². The van der Waals surface area contributed by atoms with Crippen LogP contribution in [0.1, 0.15) is 56.0 Å². The van der Waals surface area contributed by atoms with E-state index in [2.05, 4.69) is 39.0 Å². The third kappa shape index (κ3) is 3.37. The highest BCUT2D eigenvalue weighted by Gasteiger charge is 2.50. The molecule has 3 aliphatic heterocycles. The maximum Gasteiger partial charge on any atom is 0.336 e. The lowest BCUT2D eigenvalue weighted by Crippen LogP contribution is -2.42. The summed E-state index contributed by atoms with van der Waals surface area (Å²) in [6, 6.07) is 6.93. The van der Waals surface area contributed by atoms with Gasteiger partial charge in [-0.25, -0.2) is 4.79 Å². The van der Waals surface area contributed by atoms with Crippen LogP contribution in [0, 0.1) is 5.41 Å². The average Bonchev–Trinajstić information content (AvgIpc) is 3.53. The Morgan fingerprint density at radius 1 is 1.18 bits per heavy atom. The van der Waals surface area contributed by atoms with Crippen molar-refractivity contribution in [1.82, 2.24) is 30.4 Å². The lowest BCUT2D eigenvalue weighted by molar-refractivity contribution is -0.138.